The number of thioether (sulfide) groups is 1. The molecule has 0 radical (unpaired) electrons. The number of hydrogen-bond acceptors (Lipinski definition) is 4. The number of rotatable bonds is 4. The Labute approximate surface area is 179 Å². The van der Waals surface area contributed by atoms with Gasteiger partial charge in [0, 0.05) is 10.6 Å². The van der Waals surface area contributed by atoms with Crippen molar-refractivity contribution in [2.75, 3.05) is 7.11 Å². The van der Waals surface area contributed by atoms with Crippen LogP contribution in [0.5, 0.6) is 5.75 Å². The Morgan fingerprint density at radius 1 is 1.24 bits per heavy atom. The molecule has 0 spiro atoms. The first kappa shape index (κ1) is 21.1. The number of aryl methyl sites for hydroxylation is 1. The van der Waals surface area contributed by atoms with Crippen LogP contribution in [0.4, 0.5) is 0 Å². The van der Waals surface area contributed by atoms with E-state index in [0.29, 0.717) is 15.5 Å². The number of carbonyl (C=O) groups is 2. The van der Waals surface area contributed by atoms with Gasteiger partial charge in [0.15, 0.2) is 5.17 Å². The fourth-order valence-electron chi connectivity index (χ4n) is 2.87. The highest BCUT2D eigenvalue weighted by Crippen LogP contribution is 2.33. The van der Waals surface area contributed by atoms with Crippen molar-refractivity contribution in [1.82, 2.24) is 5.32 Å². The second kappa shape index (κ2) is 8.84. The zero-order chi connectivity index (χ0) is 21.1. The molecular formula is C22H21ClN2O3S. The van der Waals surface area contributed by atoms with Crippen molar-refractivity contribution in [3.63, 3.8) is 0 Å². The lowest BCUT2D eigenvalue weighted by atomic mass is 9.96. The number of halogens is 1. The molecule has 5 nitrogen and oxygen atoms in total. The maximum atomic E-state index is 12.4. The predicted molar refractivity (Wildman–Crippen MR) is 119 cm³/mol. The molecule has 2 aromatic carbocycles. The smallest absolute Gasteiger partial charge is 0.279 e. The summed E-state index contributed by atoms with van der Waals surface area (Å²) in [6.45, 7) is 6.15. The van der Waals surface area contributed by atoms with E-state index >= 15 is 0 Å². The molecule has 0 unspecified atom stereocenters. The van der Waals surface area contributed by atoms with Crippen LogP contribution < -0.4 is 10.1 Å². The Morgan fingerprint density at radius 3 is 2.55 bits per heavy atom. The molecule has 1 aliphatic heterocycles. The van der Waals surface area contributed by atoms with E-state index in [4.69, 9.17) is 16.3 Å². The van der Waals surface area contributed by atoms with Crippen molar-refractivity contribution < 1.29 is 14.3 Å². The van der Waals surface area contributed by atoms with Crippen LogP contribution >= 0.6 is 23.4 Å². The van der Waals surface area contributed by atoms with Crippen LogP contribution in [0.25, 0.3) is 6.08 Å². The minimum absolute atomic E-state index is 0.261. The first-order valence-electron chi connectivity index (χ1n) is 9.06. The number of carbonyl (C=O) groups excluding carboxylic acids is 2. The molecule has 150 valence electrons. The van der Waals surface area contributed by atoms with Crippen molar-refractivity contribution in [1.29, 1.82) is 0 Å². The lowest BCUT2D eigenvalue weighted by molar-refractivity contribution is -0.115. The Kier molecular flexibility index (Phi) is 6.45. The molecule has 1 N–H and O–H groups in total. The number of methoxy groups -OCH3 is 1. The standard InChI is InChI=1S/C22H21ClN2O3S/c1-12(2)17-10-15(13(3)9-18(17)28-4)11-19-21(27)25-22(29-19)24-20(26)14-5-7-16(23)8-6-14/h5-12H,1-4H3,(H,24,25,26,27)/b19-11-. The van der Waals surface area contributed by atoms with Crippen LogP contribution in [0.2, 0.25) is 5.02 Å². The van der Waals surface area contributed by atoms with Gasteiger partial charge in [-0.1, -0.05) is 25.4 Å². The summed E-state index contributed by atoms with van der Waals surface area (Å²) in [5.74, 6) is 0.397. The molecule has 0 bridgehead atoms. The van der Waals surface area contributed by atoms with E-state index in [1.807, 2.05) is 25.1 Å². The van der Waals surface area contributed by atoms with Crippen molar-refractivity contribution in [3.05, 3.63) is 68.6 Å². The quantitative estimate of drug-likeness (QED) is 0.681. The summed E-state index contributed by atoms with van der Waals surface area (Å²) in [5.41, 5.74) is 3.40. The summed E-state index contributed by atoms with van der Waals surface area (Å²) in [5, 5.41) is 3.45. The molecule has 2 amide bonds. The third-order valence-electron chi connectivity index (χ3n) is 4.47. The van der Waals surface area contributed by atoms with Crippen LogP contribution in [0.1, 0.15) is 46.8 Å². The van der Waals surface area contributed by atoms with Gasteiger partial charge in [-0.25, -0.2) is 0 Å². The minimum Gasteiger partial charge on any atom is -0.496 e. The second-order valence-electron chi connectivity index (χ2n) is 6.90. The molecule has 7 heteroatoms. The molecule has 1 aliphatic rings. The molecule has 1 heterocycles. The second-order valence-corrected chi connectivity index (χ2v) is 8.37. The van der Waals surface area contributed by atoms with Gasteiger partial charge in [0.25, 0.3) is 11.8 Å². The molecule has 0 aromatic heterocycles. The number of amidine groups is 1. The fourth-order valence-corrected chi connectivity index (χ4v) is 3.81. The number of hydrogen-bond donors (Lipinski definition) is 1. The van der Waals surface area contributed by atoms with Gasteiger partial charge >= 0.3 is 0 Å². The summed E-state index contributed by atoms with van der Waals surface area (Å²) in [4.78, 5) is 29.2. The first-order chi connectivity index (χ1) is 13.8. The van der Waals surface area contributed by atoms with Crippen LogP contribution in [0.15, 0.2) is 46.3 Å². The number of aliphatic imine (C=N–C) groups is 1. The third-order valence-corrected chi connectivity index (χ3v) is 5.63. The Balaban J connectivity index is 1.87. The highest BCUT2D eigenvalue weighted by Gasteiger charge is 2.25. The van der Waals surface area contributed by atoms with Crippen molar-refractivity contribution in [2.45, 2.75) is 26.7 Å². The van der Waals surface area contributed by atoms with E-state index in [0.717, 1.165) is 34.2 Å². The van der Waals surface area contributed by atoms with Gasteiger partial charge in [0.05, 0.1) is 12.0 Å². The molecule has 0 atom stereocenters. The molecule has 0 aliphatic carbocycles. The highest BCUT2D eigenvalue weighted by molar-refractivity contribution is 8.18. The summed E-state index contributed by atoms with van der Waals surface area (Å²) in [6, 6.07) is 10.5. The van der Waals surface area contributed by atoms with Crippen molar-refractivity contribution >= 4 is 46.4 Å². The van der Waals surface area contributed by atoms with Crippen LogP contribution in [-0.2, 0) is 4.79 Å². The lowest BCUT2D eigenvalue weighted by Gasteiger charge is -2.14. The van der Waals surface area contributed by atoms with Gasteiger partial charge < -0.3 is 10.1 Å². The van der Waals surface area contributed by atoms with Crippen LogP contribution in [0.3, 0.4) is 0 Å². The maximum absolute atomic E-state index is 12.4. The Hall–Kier alpha value is -2.57. The van der Waals surface area contributed by atoms with E-state index in [1.54, 1.807) is 31.4 Å². The van der Waals surface area contributed by atoms with E-state index < -0.39 is 5.91 Å². The van der Waals surface area contributed by atoms with E-state index in [1.165, 1.54) is 0 Å². The minimum atomic E-state index is -0.437. The summed E-state index contributed by atoms with van der Waals surface area (Å²) < 4.78 is 5.47. The first-order valence-corrected chi connectivity index (χ1v) is 10.3. The number of nitrogens with zero attached hydrogens (tertiary/aromatic N) is 1. The average Bonchev–Trinajstić information content (AvgIpc) is 3.02. The molecule has 2 aromatic rings. The number of amides is 2. The zero-order valence-corrected chi connectivity index (χ0v) is 18.1. The van der Waals surface area contributed by atoms with Gasteiger partial charge in [0.2, 0.25) is 0 Å². The molecular weight excluding hydrogens is 408 g/mol. The molecule has 0 saturated carbocycles. The SMILES string of the molecule is COc1cc(C)c(/C=C2\SC(=NC(=O)c3ccc(Cl)cc3)NC2=O)cc1C(C)C. The average molecular weight is 429 g/mol. The normalized spacial score (nSPS) is 16.6. The van der Waals surface area contributed by atoms with E-state index in [9.17, 15) is 9.59 Å². The van der Waals surface area contributed by atoms with Gasteiger partial charge in [-0.15, -0.1) is 0 Å². The summed E-state index contributed by atoms with van der Waals surface area (Å²) >= 11 is 6.99. The Bertz CT molecular complexity index is 1030. The fraction of sp³-hybridized carbons (Fsp3) is 0.227. The topological polar surface area (TPSA) is 67.8 Å². The van der Waals surface area contributed by atoms with Gasteiger partial charge in [-0.2, -0.15) is 4.99 Å². The Morgan fingerprint density at radius 2 is 1.93 bits per heavy atom. The largest absolute Gasteiger partial charge is 0.496 e. The van der Waals surface area contributed by atoms with Gasteiger partial charge in [-0.3, -0.25) is 9.59 Å². The van der Waals surface area contributed by atoms with Crippen molar-refractivity contribution in [2.24, 2.45) is 4.99 Å². The van der Waals surface area contributed by atoms with Gasteiger partial charge in [-0.05, 0) is 83.8 Å². The van der Waals surface area contributed by atoms with Crippen LogP contribution in [-0.4, -0.2) is 24.1 Å². The molecule has 1 saturated heterocycles. The molecule has 3 rings (SSSR count). The van der Waals surface area contributed by atoms with Crippen LogP contribution in [0, 0.1) is 6.92 Å². The maximum Gasteiger partial charge on any atom is 0.279 e. The monoisotopic (exact) mass is 428 g/mol. The van der Waals surface area contributed by atoms with Gasteiger partial charge in [0.1, 0.15) is 5.75 Å². The van der Waals surface area contributed by atoms with Crippen molar-refractivity contribution in [3.8, 4) is 5.75 Å². The van der Waals surface area contributed by atoms with E-state index in [-0.39, 0.29) is 17.0 Å². The third kappa shape index (κ3) is 4.89. The predicted octanol–water partition coefficient (Wildman–Crippen LogP) is 5.18. The molecule has 29 heavy (non-hydrogen) atoms. The number of nitrogens with one attached hydrogen (secondary N) is 1. The lowest BCUT2D eigenvalue weighted by Crippen LogP contribution is -2.20. The van der Waals surface area contributed by atoms with E-state index in [2.05, 4.69) is 24.2 Å². The number of benzene rings is 2. The number of ether oxygens (including phenoxy) is 1. The highest BCUT2D eigenvalue weighted by atomic mass is 35.5. The summed E-state index contributed by atoms with van der Waals surface area (Å²) in [7, 11) is 1.65. The molecule has 1 fully saturated rings. The zero-order valence-electron chi connectivity index (χ0n) is 16.6. The summed E-state index contributed by atoms with van der Waals surface area (Å²) in [6.07, 6.45) is 1.82.